The SMILES string of the molecule is COc1cc(Nc2ccc(C3=NNC(=O)C[C@H]3C)cc2)ccc1F. The highest BCUT2D eigenvalue weighted by molar-refractivity contribution is 6.05. The number of methoxy groups -OCH3 is 1. The molecule has 1 amide bonds. The number of rotatable bonds is 4. The van der Waals surface area contributed by atoms with Crippen LogP contribution >= 0.6 is 0 Å². The van der Waals surface area contributed by atoms with Crippen molar-refractivity contribution in [3.8, 4) is 5.75 Å². The van der Waals surface area contributed by atoms with Crippen molar-refractivity contribution in [3.05, 3.63) is 53.8 Å². The number of amides is 1. The van der Waals surface area contributed by atoms with Crippen LogP contribution in [0, 0.1) is 11.7 Å². The zero-order chi connectivity index (χ0) is 17.1. The minimum atomic E-state index is -0.398. The molecule has 3 rings (SSSR count). The molecule has 1 heterocycles. The normalized spacial score (nSPS) is 17.0. The fourth-order valence-electron chi connectivity index (χ4n) is 2.63. The van der Waals surface area contributed by atoms with E-state index in [2.05, 4.69) is 15.8 Å². The maximum absolute atomic E-state index is 13.4. The Hall–Kier alpha value is -2.89. The number of carbonyl (C=O) groups is 1. The fraction of sp³-hybridized carbons (Fsp3) is 0.222. The number of hydrazone groups is 1. The number of carbonyl (C=O) groups excluding carboxylic acids is 1. The summed E-state index contributed by atoms with van der Waals surface area (Å²) in [6.07, 6.45) is 0.439. The summed E-state index contributed by atoms with van der Waals surface area (Å²) in [4.78, 5) is 11.3. The molecule has 1 aliphatic heterocycles. The van der Waals surface area contributed by atoms with Gasteiger partial charge in [-0.05, 0) is 29.8 Å². The molecule has 5 nitrogen and oxygen atoms in total. The molecule has 0 saturated carbocycles. The molecule has 2 N–H and O–H groups in total. The molecule has 0 radical (unpaired) electrons. The molecule has 0 unspecified atom stereocenters. The van der Waals surface area contributed by atoms with E-state index in [1.165, 1.54) is 13.2 Å². The summed E-state index contributed by atoms with van der Waals surface area (Å²) in [5.74, 6) is -0.184. The third-order valence-corrected chi connectivity index (χ3v) is 3.88. The largest absolute Gasteiger partial charge is 0.494 e. The predicted octanol–water partition coefficient (Wildman–Crippen LogP) is 3.44. The number of anilines is 2. The molecule has 0 aromatic heterocycles. The van der Waals surface area contributed by atoms with Gasteiger partial charge in [0.15, 0.2) is 11.6 Å². The number of benzene rings is 2. The van der Waals surface area contributed by atoms with Crippen LogP contribution in [0.15, 0.2) is 47.6 Å². The number of halogens is 1. The summed E-state index contributed by atoms with van der Waals surface area (Å²) in [7, 11) is 1.43. The molecule has 1 atom stereocenters. The number of hydrogen-bond donors (Lipinski definition) is 2. The van der Waals surface area contributed by atoms with Crippen LogP contribution in [-0.4, -0.2) is 18.7 Å². The van der Waals surface area contributed by atoms with E-state index in [-0.39, 0.29) is 17.6 Å². The van der Waals surface area contributed by atoms with Crippen LogP contribution in [0.2, 0.25) is 0 Å². The van der Waals surface area contributed by atoms with Gasteiger partial charge in [-0.25, -0.2) is 9.82 Å². The number of hydrogen-bond acceptors (Lipinski definition) is 4. The predicted molar refractivity (Wildman–Crippen MR) is 91.1 cm³/mol. The van der Waals surface area contributed by atoms with Gasteiger partial charge >= 0.3 is 0 Å². The Morgan fingerprint density at radius 3 is 2.58 bits per heavy atom. The van der Waals surface area contributed by atoms with E-state index in [1.807, 2.05) is 31.2 Å². The maximum Gasteiger partial charge on any atom is 0.240 e. The van der Waals surface area contributed by atoms with Gasteiger partial charge in [-0.2, -0.15) is 5.10 Å². The quantitative estimate of drug-likeness (QED) is 0.904. The van der Waals surface area contributed by atoms with Gasteiger partial charge in [-0.3, -0.25) is 4.79 Å². The van der Waals surface area contributed by atoms with Crippen molar-refractivity contribution >= 4 is 23.0 Å². The maximum atomic E-state index is 13.4. The van der Waals surface area contributed by atoms with Crippen LogP contribution in [0.25, 0.3) is 0 Å². The van der Waals surface area contributed by atoms with Gasteiger partial charge in [0.05, 0.1) is 12.8 Å². The van der Waals surface area contributed by atoms with Crippen molar-refractivity contribution < 1.29 is 13.9 Å². The van der Waals surface area contributed by atoms with Crippen LogP contribution in [0.5, 0.6) is 5.75 Å². The van der Waals surface area contributed by atoms with Crippen molar-refractivity contribution in [2.75, 3.05) is 12.4 Å². The van der Waals surface area contributed by atoms with E-state index in [0.29, 0.717) is 6.42 Å². The summed E-state index contributed by atoms with van der Waals surface area (Å²) in [6, 6.07) is 12.3. The Morgan fingerprint density at radius 1 is 1.21 bits per heavy atom. The van der Waals surface area contributed by atoms with E-state index >= 15 is 0 Å². The molecule has 0 spiro atoms. The summed E-state index contributed by atoms with van der Waals surface area (Å²) in [6.45, 7) is 1.98. The van der Waals surface area contributed by atoms with E-state index in [0.717, 1.165) is 22.6 Å². The molecular weight excluding hydrogens is 309 g/mol. The Labute approximate surface area is 139 Å². The second-order valence-electron chi connectivity index (χ2n) is 5.69. The molecule has 1 aliphatic rings. The van der Waals surface area contributed by atoms with Crippen molar-refractivity contribution in [2.45, 2.75) is 13.3 Å². The van der Waals surface area contributed by atoms with Crippen LogP contribution in [0.1, 0.15) is 18.9 Å². The van der Waals surface area contributed by atoms with Gasteiger partial charge in [-0.15, -0.1) is 0 Å². The summed E-state index contributed by atoms with van der Waals surface area (Å²) in [5.41, 5.74) is 5.94. The molecular formula is C18H18FN3O2. The summed E-state index contributed by atoms with van der Waals surface area (Å²) in [5, 5.41) is 7.34. The first-order valence-electron chi connectivity index (χ1n) is 7.64. The number of nitrogens with zero attached hydrogens (tertiary/aromatic N) is 1. The molecule has 6 heteroatoms. The molecule has 0 bridgehead atoms. The smallest absolute Gasteiger partial charge is 0.240 e. The number of ether oxygens (including phenoxy) is 1. The lowest BCUT2D eigenvalue weighted by atomic mass is 9.94. The minimum absolute atomic E-state index is 0.0604. The number of nitrogens with one attached hydrogen (secondary N) is 2. The molecule has 2 aromatic rings. The molecule has 24 heavy (non-hydrogen) atoms. The first-order chi connectivity index (χ1) is 11.6. The highest BCUT2D eigenvalue weighted by Gasteiger charge is 2.21. The van der Waals surface area contributed by atoms with Crippen molar-refractivity contribution in [1.29, 1.82) is 0 Å². The van der Waals surface area contributed by atoms with Crippen molar-refractivity contribution in [1.82, 2.24) is 5.43 Å². The Kier molecular flexibility index (Phi) is 4.46. The highest BCUT2D eigenvalue weighted by Crippen LogP contribution is 2.25. The van der Waals surface area contributed by atoms with Crippen LogP contribution in [0.3, 0.4) is 0 Å². The Balaban J connectivity index is 1.76. The molecule has 124 valence electrons. The van der Waals surface area contributed by atoms with Gasteiger partial charge in [-0.1, -0.05) is 19.1 Å². The highest BCUT2D eigenvalue weighted by atomic mass is 19.1. The van der Waals surface area contributed by atoms with Gasteiger partial charge in [0.25, 0.3) is 0 Å². The second kappa shape index (κ2) is 6.70. The summed E-state index contributed by atoms with van der Waals surface area (Å²) >= 11 is 0. The van der Waals surface area contributed by atoms with Crippen LogP contribution < -0.4 is 15.5 Å². The van der Waals surface area contributed by atoms with Crippen LogP contribution in [-0.2, 0) is 4.79 Å². The lowest BCUT2D eigenvalue weighted by Gasteiger charge is -2.19. The topological polar surface area (TPSA) is 62.7 Å². The van der Waals surface area contributed by atoms with E-state index < -0.39 is 5.82 Å². The third kappa shape index (κ3) is 3.37. The van der Waals surface area contributed by atoms with E-state index in [9.17, 15) is 9.18 Å². The van der Waals surface area contributed by atoms with Gasteiger partial charge in [0.1, 0.15) is 0 Å². The fourth-order valence-corrected chi connectivity index (χ4v) is 2.63. The average molecular weight is 327 g/mol. The minimum Gasteiger partial charge on any atom is -0.494 e. The second-order valence-corrected chi connectivity index (χ2v) is 5.69. The van der Waals surface area contributed by atoms with E-state index in [4.69, 9.17) is 4.74 Å². The van der Waals surface area contributed by atoms with Gasteiger partial charge in [0, 0.05) is 29.8 Å². The van der Waals surface area contributed by atoms with Gasteiger partial charge in [0.2, 0.25) is 5.91 Å². The van der Waals surface area contributed by atoms with Crippen molar-refractivity contribution in [2.24, 2.45) is 11.0 Å². The standard InChI is InChI=1S/C18H18FN3O2/c1-11-9-17(23)21-22-18(11)12-3-5-13(6-4-12)20-14-7-8-15(19)16(10-14)24-2/h3-8,10-11,20H,9H2,1-2H3,(H,21,23)/t11-/m1/s1. The van der Waals surface area contributed by atoms with E-state index in [1.54, 1.807) is 12.1 Å². The molecule has 2 aromatic carbocycles. The Morgan fingerprint density at radius 2 is 1.92 bits per heavy atom. The lowest BCUT2D eigenvalue weighted by molar-refractivity contribution is -0.121. The summed E-state index contributed by atoms with van der Waals surface area (Å²) < 4.78 is 18.4. The zero-order valence-corrected chi connectivity index (χ0v) is 13.5. The Bertz CT molecular complexity index is 787. The van der Waals surface area contributed by atoms with Crippen molar-refractivity contribution in [3.63, 3.8) is 0 Å². The molecule has 0 saturated heterocycles. The zero-order valence-electron chi connectivity index (χ0n) is 13.5. The first kappa shape index (κ1) is 16.0. The lowest BCUT2D eigenvalue weighted by Crippen LogP contribution is -2.31. The molecule has 0 aliphatic carbocycles. The third-order valence-electron chi connectivity index (χ3n) is 3.88. The monoisotopic (exact) mass is 327 g/mol. The molecule has 0 fully saturated rings. The average Bonchev–Trinajstić information content (AvgIpc) is 2.57. The first-order valence-corrected chi connectivity index (χ1v) is 7.64. The van der Waals surface area contributed by atoms with Gasteiger partial charge < -0.3 is 10.1 Å². The van der Waals surface area contributed by atoms with Crippen LogP contribution in [0.4, 0.5) is 15.8 Å².